The number of nitrogens with zero attached hydrogens (tertiary/aromatic N) is 1. The molecule has 2 atom stereocenters. The number of aliphatic hydroxyl groups is 1. The Morgan fingerprint density at radius 1 is 1.14 bits per heavy atom. The van der Waals surface area contributed by atoms with E-state index in [1.165, 1.54) is 11.6 Å². The van der Waals surface area contributed by atoms with Gasteiger partial charge in [0.1, 0.15) is 17.7 Å². The molecule has 3 N–H and O–H groups in total. The van der Waals surface area contributed by atoms with Crippen LogP contribution in [0.25, 0.3) is 0 Å². The predicted molar refractivity (Wildman–Crippen MR) is 111 cm³/mol. The van der Waals surface area contributed by atoms with E-state index in [-0.39, 0.29) is 12.1 Å². The molecular weight excluding hydrogens is 357 g/mol. The fraction of sp³-hybridized carbons (Fsp3) is 0.409. The molecule has 0 saturated heterocycles. The number of hydrogen-bond donors (Lipinski definition) is 3. The summed E-state index contributed by atoms with van der Waals surface area (Å²) < 4.78 is 19.0. The summed E-state index contributed by atoms with van der Waals surface area (Å²) in [6.45, 7) is 5.68. The zero-order chi connectivity index (χ0) is 20.4. The number of guanidine groups is 1. The zero-order valence-electron chi connectivity index (χ0n) is 16.8. The first-order chi connectivity index (χ1) is 13.5. The molecule has 2 aromatic carbocycles. The third-order valence-electron chi connectivity index (χ3n) is 4.59. The molecule has 0 aliphatic rings. The maximum atomic E-state index is 13.8. The summed E-state index contributed by atoms with van der Waals surface area (Å²) in [5.41, 5.74) is 1.51. The van der Waals surface area contributed by atoms with Gasteiger partial charge in [0, 0.05) is 18.7 Å². The van der Waals surface area contributed by atoms with Crippen molar-refractivity contribution in [1.82, 2.24) is 10.6 Å². The van der Waals surface area contributed by atoms with Gasteiger partial charge in [0.25, 0.3) is 0 Å². The smallest absolute Gasteiger partial charge is 0.191 e. The summed E-state index contributed by atoms with van der Waals surface area (Å²) in [6, 6.07) is 14.3. The Morgan fingerprint density at radius 2 is 1.86 bits per heavy atom. The Bertz CT molecular complexity index is 750. The minimum Gasteiger partial charge on any atom is -0.497 e. The second kappa shape index (κ2) is 11.3. The number of methoxy groups -OCH3 is 1. The monoisotopic (exact) mass is 387 g/mol. The SMILES string of the molecule is CCNC(=NCC(O)c1ccccc1F)NCCC(C)c1ccc(OC)cc1. The second-order valence-corrected chi connectivity index (χ2v) is 6.65. The molecule has 0 heterocycles. The number of ether oxygens (including phenoxy) is 1. The van der Waals surface area contributed by atoms with Gasteiger partial charge in [-0.05, 0) is 43.0 Å². The number of aliphatic imine (C=N–C) groups is 1. The molecule has 6 heteroatoms. The van der Waals surface area contributed by atoms with Gasteiger partial charge >= 0.3 is 0 Å². The molecule has 2 rings (SSSR count). The molecule has 0 aliphatic heterocycles. The van der Waals surface area contributed by atoms with Crippen molar-refractivity contribution in [3.05, 3.63) is 65.5 Å². The lowest BCUT2D eigenvalue weighted by atomic mass is 9.98. The average molecular weight is 387 g/mol. The number of hydrogen-bond acceptors (Lipinski definition) is 3. The van der Waals surface area contributed by atoms with E-state index in [0.29, 0.717) is 18.4 Å². The molecule has 0 aromatic heterocycles. The quantitative estimate of drug-likeness (QED) is 0.454. The minimum absolute atomic E-state index is 0.0876. The number of benzene rings is 2. The Labute approximate surface area is 166 Å². The third kappa shape index (κ3) is 6.53. The van der Waals surface area contributed by atoms with Crippen molar-refractivity contribution < 1.29 is 14.2 Å². The first-order valence-corrected chi connectivity index (χ1v) is 9.63. The van der Waals surface area contributed by atoms with Crippen LogP contribution in [0.15, 0.2) is 53.5 Å². The van der Waals surface area contributed by atoms with Crippen LogP contribution in [0, 0.1) is 5.82 Å². The summed E-state index contributed by atoms with van der Waals surface area (Å²) in [4.78, 5) is 4.38. The highest BCUT2D eigenvalue weighted by Gasteiger charge is 2.12. The number of nitrogens with one attached hydrogen (secondary N) is 2. The third-order valence-corrected chi connectivity index (χ3v) is 4.59. The van der Waals surface area contributed by atoms with Gasteiger partial charge in [-0.2, -0.15) is 0 Å². The first kappa shape index (κ1) is 21.7. The van der Waals surface area contributed by atoms with Crippen molar-refractivity contribution in [3.63, 3.8) is 0 Å². The molecule has 0 amide bonds. The summed E-state index contributed by atoms with van der Waals surface area (Å²) in [5.74, 6) is 1.42. The average Bonchev–Trinajstić information content (AvgIpc) is 2.72. The largest absolute Gasteiger partial charge is 0.497 e. The molecule has 0 spiro atoms. The fourth-order valence-electron chi connectivity index (χ4n) is 2.87. The van der Waals surface area contributed by atoms with E-state index in [0.717, 1.165) is 18.7 Å². The van der Waals surface area contributed by atoms with Gasteiger partial charge in [0.15, 0.2) is 5.96 Å². The maximum absolute atomic E-state index is 13.8. The van der Waals surface area contributed by atoms with Gasteiger partial charge in [0.05, 0.1) is 13.7 Å². The highest BCUT2D eigenvalue weighted by molar-refractivity contribution is 5.79. The molecule has 5 nitrogen and oxygen atoms in total. The maximum Gasteiger partial charge on any atom is 0.191 e. The van der Waals surface area contributed by atoms with Crippen LogP contribution in [-0.2, 0) is 0 Å². The molecule has 0 radical (unpaired) electrons. The van der Waals surface area contributed by atoms with E-state index in [2.05, 4.69) is 34.7 Å². The van der Waals surface area contributed by atoms with E-state index in [4.69, 9.17) is 4.74 Å². The summed E-state index contributed by atoms with van der Waals surface area (Å²) in [5, 5.41) is 16.6. The Morgan fingerprint density at radius 3 is 2.50 bits per heavy atom. The van der Waals surface area contributed by atoms with Crippen LogP contribution in [0.1, 0.15) is 43.4 Å². The summed E-state index contributed by atoms with van der Waals surface area (Å²) >= 11 is 0. The lowest BCUT2D eigenvalue weighted by Crippen LogP contribution is -2.38. The Balaban J connectivity index is 1.87. The topological polar surface area (TPSA) is 65.9 Å². The van der Waals surface area contributed by atoms with E-state index >= 15 is 0 Å². The van der Waals surface area contributed by atoms with Crippen LogP contribution >= 0.6 is 0 Å². The van der Waals surface area contributed by atoms with Gasteiger partial charge < -0.3 is 20.5 Å². The van der Waals surface area contributed by atoms with E-state index < -0.39 is 11.9 Å². The molecular formula is C22H30FN3O2. The van der Waals surface area contributed by atoms with E-state index in [1.807, 2.05) is 19.1 Å². The Hall–Kier alpha value is -2.60. The highest BCUT2D eigenvalue weighted by Crippen LogP contribution is 2.21. The summed E-state index contributed by atoms with van der Waals surface area (Å²) in [6.07, 6.45) is -0.0537. The lowest BCUT2D eigenvalue weighted by molar-refractivity contribution is 0.182. The summed E-state index contributed by atoms with van der Waals surface area (Å²) in [7, 11) is 1.66. The highest BCUT2D eigenvalue weighted by atomic mass is 19.1. The zero-order valence-corrected chi connectivity index (χ0v) is 16.8. The van der Waals surface area contributed by atoms with Gasteiger partial charge in [0.2, 0.25) is 0 Å². The molecule has 2 aromatic rings. The molecule has 0 aliphatic carbocycles. The fourth-order valence-corrected chi connectivity index (χ4v) is 2.87. The van der Waals surface area contributed by atoms with Crippen LogP contribution in [0.5, 0.6) is 5.75 Å². The van der Waals surface area contributed by atoms with Crippen molar-refractivity contribution in [1.29, 1.82) is 0 Å². The standard InChI is InChI=1S/C22H30FN3O2/c1-4-24-22(26-15-21(27)19-7-5-6-8-20(19)23)25-14-13-16(2)17-9-11-18(28-3)12-10-17/h5-12,16,21,27H,4,13-15H2,1-3H3,(H2,24,25,26). The lowest BCUT2D eigenvalue weighted by Gasteiger charge is -2.16. The predicted octanol–water partition coefficient (Wildman–Crippen LogP) is 3.62. The second-order valence-electron chi connectivity index (χ2n) is 6.65. The first-order valence-electron chi connectivity index (χ1n) is 9.63. The normalized spacial score (nSPS) is 13.7. The van der Waals surface area contributed by atoms with Crippen LogP contribution in [0.2, 0.25) is 0 Å². The van der Waals surface area contributed by atoms with Crippen molar-refractivity contribution >= 4 is 5.96 Å². The van der Waals surface area contributed by atoms with Gasteiger partial charge in [-0.25, -0.2) is 4.39 Å². The number of halogens is 1. The van der Waals surface area contributed by atoms with Gasteiger partial charge in [-0.3, -0.25) is 4.99 Å². The molecule has 0 fully saturated rings. The minimum atomic E-state index is -0.977. The van der Waals surface area contributed by atoms with Gasteiger partial charge in [-0.15, -0.1) is 0 Å². The van der Waals surface area contributed by atoms with Crippen molar-refractivity contribution in [2.45, 2.75) is 32.3 Å². The van der Waals surface area contributed by atoms with Crippen molar-refractivity contribution in [2.75, 3.05) is 26.7 Å². The van der Waals surface area contributed by atoms with Crippen molar-refractivity contribution in [2.24, 2.45) is 4.99 Å². The van der Waals surface area contributed by atoms with E-state index in [9.17, 15) is 9.50 Å². The van der Waals surface area contributed by atoms with Crippen LogP contribution < -0.4 is 15.4 Å². The van der Waals surface area contributed by atoms with Crippen LogP contribution in [0.4, 0.5) is 4.39 Å². The Kier molecular flexibility index (Phi) is 8.75. The van der Waals surface area contributed by atoms with Crippen molar-refractivity contribution in [3.8, 4) is 5.75 Å². The van der Waals surface area contributed by atoms with Gasteiger partial charge in [-0.1, -0.05) is 37.3 Å². The van der Waals surface area contributed by atoms with E-state index in [1.54, 1.807) is 25.3 Å². The molecule has 152 valence electrons. The van der Waals surface area contributed by atoms with Crippen LogP contribution in [-0.4, -0.2) is 37.8 Å². The van der Waals surface area contributed by atoms with Crippen LogP contribution in [0.3, 0.4) is 0 Å². The molecule has 2 unspecified atom stereocenters. The molecule has 0 saturated carbocycles. The number of aliphatic hydroxyl groups excluding tert-OH is 1. The number of rotatable bonds is 9. The molecule has 0 bridgehead atoms. The molecule has 28 heavy (non-hydrogen) atoms.